The van der Waals surface area contributed by atoms with Gasteiger partial charge in [0.05, 0.1) is 6.10 Å². The monoisotopic (exact) mass is 200 g/mol. The molecule has 0 saturated carbocycles. The van der Waals surface area contributed by atoms with Crippen LogP contribution in [-0.4, -0.2) is 61.8 Å². The summed E-state index contributed by atoms with van der Waals surface area (Å²) in [5.41, 5.74) is 0.278. The van der Waals surface area contributed by atoms with Gasteiger partial charge < -0.3 is 9.64 Å². The smallest absolute Gasteiger partial charge is 0.0670 e. The lowest BCUT2D eigenvalue weighted by atomic mass is 9.98. The van der Waals surface area contributed by atoms with E-state index in [1.807, 2.05) is 0 Å². The van der Waals surface area contributed by atoms with Crippen molar-refractivity contribution in [3.63, 3.8) is 0 Å². The van der Waals surface area contributed by atoms with E-state index in [2.05, 4.69) is 37.6 Å². The summed E-state index contributed by atoms with van der Waals surface area (Å²) in [6.45, 7) is 11.3. The summed E-state index contributed by atoms with van der Waals surface area (Å²) in [5, 5.41) is 0. The van der Waals surface area contributed by atoms with Gasteiger partial charge in [-0.15, -0.1) is 0 Å². The van der Waals surface area contributed by atoms with E-state index in [0.717, 1.165) is 19.6 Å². The van der Waals surface area contributed by atoms with Crippen molar-refractivity contribution >= 4 is 0 Å². The number of piperazine rings is 1. The first kappa shape index (κ1) is 12.0. The Bertz CT molecular complexity index is 182. The van der Waals surface area contributed by atoms with Gasteiger partial charge in [0.15, 0.2) is 0 Å². The largest absolute Gasteiger partial charge is 0.380 e. The molecule has 3 nitrogen and oxygen atoms in total. The van der Waals surface area contributed by atoms with Crippen molar-refractivity contribution in [2.24, 2.45) is 0 Å². The number of methoxy groups -OCH3 is 1. The average Bonchev–Trinajstić information content (AvgIpc) is 2.08. The van der Waals surface area contributed by atoms with Crippen LogP contribution in [0.15, 0.2) is 0 Å². The summed E-state index contributed by atoms with van der Waals surface area (Å²) < 4.78 is 5.32. The molecule has 1 fully saturated rings. The summed E-state index contributed by atoms with van der Waals surface area (Å²) in [5.74, 6) is 0. The van der Waals surface area contributed by atoms with E-state index in [0.29, 0.717) is 6.10 Å². The molecule has 0 radical (unpaired) electrons. The second-order valence-electron chi connectivity index (χ2n) is 5.04. The van der Waals surface area contributed by atoms with Gasteiger partial charge >= 0.3 is 0 Å². The highest BCUT2D eigenvalue weighted by Gasteiger charge is 2.32. The average molecular weight is 200 g/mol. The minimum absolute atomic E-state index is 0.278. The number of nitrogens with zero attached hydrogens (tertiary/aromatic N) is 2. The maximum absolute atomic E-state index is 5.32. The molecule has 84 valence electrons. The van der Waals surface area contributed by atoms with E-state index in [1.165, 1.54) is 6.54 Å². The summed E-state index contributed by atoms with van der Waals surface area (Å²) in [7, 11) is 3.98. The third kappa shape index (κ3) is 2.94. The molecule has 0 aromatic rings. The lowest BCUT2D eigenvalue weighted by Crippen LogP contribution is -2.59. The SMILES string of the molecule is COC(C)CN1CCN(C)CC1(C)C. The fourth-order valence-corrected chi connectivity index (χ4v) is 2.16. The number of rotatable bonds is 3. The van der Waals surface area contributed by atoms with Crippen LogP contribution < -0.4 is 0 Å². The molecule has 3 heteroatoms. The lowest BCUT2D eigenvalue weighted by molar-refractivity contribution is -0.00954. The highest BCUT2D eigenvalue weighted by atomic mass is 16.5. The Morgan fingerprint density at radius 1 is 1.36 bits per heavy atom. The Kier molecular flexibility index (Phi) is 3.93. The molecule has 0 aliphatic carbocycles. The van der Waals surface area contributed by atoms with E-state index in [9.17, 15) is 0 Å². The van der Waals surface area contributed by atoms with E-state index >= 15 is 0 Å². The third-order valence-electron chi connectivity index (χ3n) is 3.14. The molecule has 0 aromatic heterocycles. The highest BCUT2D eigenvalue weighted by Crippen LogP contribution is 2.20. The van der Waals surface area contributed by atoms with Gasteiger partial charge in [0.25, 0.3) is 0 Å². The number of likely N-dealkylation sites (N-methyl/N-ethyl adjacent to an activating group) is 1. The molecule has 1 aliphatic rings. The van der Waals surface area contributed by atoms with Crippen molar-refractivity contribution in [3.05, 3.63) is 0 Å². The van der Waals surface area contributed by atoms with E-state index in [-0.39, 0.29) is 5.54 Å². The molecule has 1 unspecified atom stereocenters. The summed E-state index contributed by atoms with van der Waals surface area (Å²) in [4.78, 5) is 4.93. The number of ether oxygens (including phenoxy) is 1. The predicted octanol–water partition coefficient (Wildman–Crippen LogP) is 1.05. The highest BCUT2D eigenvalue weighted by molar-refractivity contribution is 4.89. The minimum atomic E-state index is 0.278. The van der Waals surface area contributed by atoms with Crippen LogP contribution in [-0.2, 0) is 4.74 Å². The standard InChI is InChI=1S/C11H24N2O/c1-10(14-5)8-13-7-6-12(4)9-11(13,2)3/h10H,6-9H2,1-5H3. The van der Waals surface area contributed by atoms with Gasteiger partial charge in [0.1, 0.15) is 0 Å². The van der Waals surface area contributed by atoms with Gasteiger partial charge in [0, 0.05) is 38.8 Å². The van der Waals surface area contributed by atoms with Gasteiger partial charge in [-0.05, 0) is 27.8 Å². The molecule has 14 heavy (non-hydrogen) atoms. The molecule has 1 heterocycles. The van der Waals surface area contributed by atoms with Gasteiger partial charge in [0.2, 0.25) is 0 Å². The molecule has 1 rings (SSSR count). The van der Waals surface area contributed by atoms with Crippen LogP contribution >= 0.6 is 0 Å². The zero-order chi connectivity index (χ0) is 10.8. The zero-order valence-electron chi connectivity index (χ0n) is 10.2. The number of hydrogen-bond donors (Lipinski definition) is 0. The summed E-state index contributed by atoms with van der Waals surface area (Å²) >= 11 is 0. The first-order valence-electron chi connectivity index (χ1n) is 5.42. The maximum atomic E-state index is 5.32. The van der Waals surface area contributed by atoms with Crippen LogP contribution in [0.5, 0.6) is 0 Å². The summed E-state index contributed by atoms with van der Waals surface area (Å²) in [6.07, 6.45) is 0.331. The fraction of sp³-hybridized carbons (Fsp3) is 1.00. The fourth-order valence-electron chi connectivity index (χ4n) is 2.16. The molecule has 1 saturated heterocycles. The predicted molar refractivity (Wildman–Crippen MR) is 59.6 cm³/mol. The maximum Gasteiger partial charge on any atom is 0.0670 e. The van der Waals surface area contributed by atoms with Crippen molar-refractivity contribution < 1.29 is 4.74 Å². The molecule has 1 atom stereocenters. The Labute approximate surface area is 88.0 Å². The second-order valence-corrected chi connectivity index (χ2v) is 5.04. The Hall–Kier alpha value is -0.120. The molecular formula is C11H24N2O. The Morgan fingerprint density at radius 3 is 2.50 bits per heavy atom. The number of hydrogen-bond acceptors (Lipinski definition) is 3. The molecule has 1 aliphatic heterocycles. The quantitative estimate of drug-likeness (QED) is 0.677. The van der Waals surface area contributed by atoms with Crippen LogP contribution in [0.25, 0.3) is 0 Å². The van der Waals surface area contributed by atoms with Crippen molar-refractivity contribution in [1.82, 2.24) is 9.80 Å². The lowest BCUT2D eigenvalue weighted by Gasteiger charge is -2.46. The van der Waals surface area contributed by atoms with Gasteiger partial charge in [-0.2, -0.15) is 0 Å². The summed E-state index contributed by atoms with van der Waals surface area (Å²) in [6, 6.07) is 0. The molecule has 0 aromatic carbocycles. The van der Waals surface area contributed by atoms with Crippen molar-refractivity contribution in [2.75, 3.05) is 40.3 Å². The van der Waals surface area contributed by atoms with Crippen molar-refractivity contribution in [2.45, 2.75) is 32.4 Å². The molecule has 0 spiro atoms. The van der Waals surface area contributed by atoms with Crippen molar-refractivity contribution in [1.29, 1.82) is 0 Å². The van der Waals surface area contributed by atoms with Crippen molar-refractivity contribution in [3.8, 4) is 0 Å². The van der Waals surface area contributed by atoms with Crippen LogP contribution in [0.2, 0.25) is 0 Å². The van der Waals surface area contributed by atoms with Crippen LogP contribution in [0.4, 0.5) is 0 Å². The molecule has 0 N–H and O–H groups in total. The second kappa shape index (κ2) is 4.60. The third-order valence-corrected chi connectivity index (χ3v) is 3.14. The molecule has 0 amide bonds. The molecule has 0 bridgehead atoms. The van der Waals surface area contributed by atoms with Crippen LogP contribution in [0.1, 0.15) is 20.8 Å². The topological polar surface area (TPSA) is 15.7 Å². The van der Waals surface area contributed by atoms with Gasteiger partial charge in [-0.3, -0.25) is 4.90 Å². The van der Waals surface area contributed by atoms with Gasteiger partial charge in [-0.1, -0.05) is 0 Å². The zero-order valence-corrected chi connectivity index (χ0v) is 10.2. The first-order chi connectivity index (χ1) is 6.45. The Morgan fingerprint density at radius 2 is 2.00 bits per heavy atom. The van der Waals surface area contributed by atoms with Gasteiger partial charge in [-0.25, -0.2) is 0 Å². The van der Waals surface area contributed by atoms with E-state index in [4.69, 9.17) is 4.74 Å². The minimum Gasteiger partial charge on any atom is -0.380 e. The Balaban J connectivity index is 2.51. The molecular weight excluding hydrogens is 176 g/mol. The van der Waals surface area contributed by atoms with E-state index < -0.39 is 0 Å². The normalized spacial score (nSPS) is 26.4. The first-order valence-corrected chi connectivity index (χ1v) is 5.42. The van der Waals surface area contributed by atoms with E-state index in [1.54, 1.807) is 7.11 Å². The van der Waals surface area contributed by atoms with Crippen LogP contribution in [0.3, 0.4) is 0 Å². The van der Waals surface area contributed by atoms with Crippen LogP contribution in [0, 0.1) is 0 Å².